The molecule has 0 aromatic heterocycles. The predicted octanol–water partition coefficient (Wildman–Crippen LogP) is 3.15. The number of hydrogen-bond acceptors (Lipinski definition) is 6. The monoisotopic (exact) mass is 422 g/mol. The fourth-order valence-corrected chi connectivity index (χ4v) is 5.01. The number of carbonyl (C=O) groups excluding carboxylic acids is 2. The maximum absolute atomic E-state index is 12.8. The molecule has 30 heavy (non-hydrogen) atoms. The molecule has 1 aromatic carbocycles. The summed E-state index contributed by atoms with van der Waals surface area (Å²) in [5, 5.41) is 7.11. The minimum Gasteiger partial charge on any atom is -0.482 e. The van der Waals surface area contributed by atoms with Gasteiger partial charge in [-0.15, -0.1) is 0 Å². The average Bonchev–Trinajstić information content (AvgIpc) is 2.93. The second-order valence-corrected chi connectivity index (χ2v) is 8.76. The van der Waals surface area contributed by atoms with E-state index >= 15 is 0 Å². The van der Waals surface area contributed by atoms with Crippen molar-refractivity contribution in [1.29, 1.82) is 0 Å². The smallest absolute Gasteiger partial charge is 0.262 e. The van der Waals surface area contributed by atoms with E-state index in [1.165, 1.54) is 0 Å². The van der Waals surface area contributed by atoms with Crippen molar-refractivity contribution >= 4 is 40.1 Å². The molecule has 5 rings (SSSR count). The van der Waals surface area contributed by atoms with Crippen LogP contribution in [0.5, 0.6) is 5.75 Å². The van der Waals surface area contributed by atoms with Gasteiger partial charge >= 0.3 is 0 Å². The molecule has 1 saturated heterocycles. The second-order valence-electron chi connectivity index (χ2n) is 7.61. The SMILES string of the molecule is O=C1COc2ccc(NC(=O)C3CCN(C4=NC5=CC(C=CC=C5)S4)CC3)cc2N1. The van der Waals surface area contributed by atoms with Gasteiger partial charge in [0.25, 0.3) is 5.91 Å². The molecule has 3 heterocycles. The van der Waals surface area contributed by atoms with Crippen LogP contribution in [0.4, 0.5) is 11.4 Å². The van der Waals surface area contributed by atoms with E-state index in [2.05, 4.69) is 33.8 Å². The first-order valence-electron chi connectivity index (χ1n) is 10.1. The summed E-state index contributed by atoms with van der Waals surface area (Å²) in [5.74, 6) is 0.396. The van der Waals surface area contributed by atoms with Gasteiger partial charge in [0.15, 0.2) is 11.8 Å². The molecule has 1 atom stereocenters. The second kappa shape index (κ2) is 8.02. The normalized spacial score (nSPS) is 22.9. The maximum Gasteiger partial charge on any atom is 0.262 e. The van der Waals surface area contributed by atoms with Gasteiger partial charge < -0.3 is 20.3 Å². The van der Waals surface area contributed by atoms with Crippen molar-refractivity contribution in [1.82, 2.24) is 4.90 Å². The summed E-state index contributed by atoms with van der Waals surface area (Å²) in [6, 6.07) is 5.30. The van der Waals surface area contributed by atoms with E-state index in [1.807, 2.05) is 12.2 Å². The lowest BCUT2D eigenvalue weighted by Crippen LogP contribution is -2.41. The van der Waals surface area contributed by atoms with E-state index in [0.717, 1.165) is 36.8 Å². The molecular formula is C22H22N4O3S. The van der Waals surface area contributed by atoms with Crippen LogP contribution in [0.25, 0.3) is 0 Å². The number of benzene rings is 1. The molecule has 8 heteroatoms. The summed E-state index contributed by atoms with van der Waals surface area (Å²) in [7, 11) is 0. The van der Waals surface area contributed by atoms with Crippen LogP contribution in [0.15, 0.2) is 59.3 Å². The number of anilines is 2. The fourth-order valence-electron chi connectivity index (χ4n) is 3.90. The first kappa shape index (κ1) is 19.0. The Morgan fingerprint density at radius 3 is 3.00 bits per heavy atom. The summed E-state index contributed by atoms with van der Waals surface area (Å²) in [6.07, 6.45) is 12.0. The molecule has 2 N–H and O–H groups in total. The Bertz CT molecular complexity index is 1010. The zero-order valence-corrected chi connectivity index (χ0v) is 17.2. The van der Waals surface area contributed by atoms with E-state index in [0.29, 0.717) is 22.4 Å². The van der Waals surface area contributed by atoms with Gasteiger partial charge in [0.05, 0.1) is 16.6 Å². The Morgan fingerprint density at radius 1 is 1.27 bits per heavy atom. The highest BCUT2D eigenvalue weighted by Crippen LogP contribution is 2.32. The topological polar surface area (TPSA) is 83.0 Å². The molecular weight excluding hydrogens is 400 g/mol. The summed E-state index contributed by atoms with van der Waals surface area (Å²) in [5.41, 5.74) is 2.25. The number of hydrogen-bond donors (Lipinski definition) is 2. The van der Waals surface area contributed by atoms with Crippen molar-refractivity contribution in [3.8, 4) is 5.75 Å². The van der Waals surface area contributed by atoms with Crippen LogP contribution >= 0.6 is 11.8 Å². The minimum absolute atomic E-state index is 0.0122. The molecule has 0 saturated carbocycles. The van der Waals surface area contributed by atoms with Gasteiger partial charge in [0.1, 0.15) is 5.75 Å². The number of aliphatic imine (C=N–C) groups is 1. The van der Waals surface area contributed by atoms with E-state index < -0.39 is 0 Å². The van der Waals surface area contributed by atoms with Crippen LogP contribution in [0.1, 0.15) is 12.8 Å². The van der Waals surface area contributed by atoms with Gasteiger partial charge in [-0.05, 0) is 43.2 Å². The predicted molar refractivity (Wildman–Crippen MR) is 119 cm³/mol. The first-order valence-corrected chi connectivity index (χ1v) is 11.0. The van der Waals surface area contributed by atoms with Crippen molar-refractivity contribution in [2.24, 2.45) is 10.9 Å². The Kier molecular flexibility index (Phi) is 5.08. The summed E-state index contributed by atoms with van der Waals surface area (Å²) >= 11 is 1.76. The van der Waals surface area contributed by atoms with Crippen LogP contribution in [0.3, 0.4) is 0 Å². The standard InChI is InChI=1S/C22H22N4O3S/c27-20-13-29-19-6-5-16(12-18(19)25-20)23-21(28)14-7-9-26(10-8-14)22-24-15-3-1-2-4-17(11-15)30-22/h1-6,11-12,14,17H,7-10,13H2,(H,23,28)(H,25,27). The Morgan fingerprint density at radius 2 is 2.13 bits per heavy atom. The number of thioether (sulfide) groups is 1. The first-order chi connectivity index (χ1) is 14.6. The minimum atomic E-state index is -0.191. The number of nitrogens with one attached hydrogen (secondary N) is 2. The van der Waals surface area contributed by atoms with Gasteiger partial charge in [-0.1, -0.05) is 30.0 Å². The number of ether oxygens (including phenoxy) is 1. The fraction of sp³-hybridized carbons (Fsp3) is 0.318. The van der Waals surface area contributed by atoms with Crippen LogP contribution in [-0.4, -0.2) is 46.8 Å². The number of rotatable bonds is 2. The van der Waals surface area contributed by atoms with Crippen LogP contribution in [-0.2, 0) is 9.59 Å². The third kappa shape index (κ3) is 4.00. The van der Waals surface area contributed by atoms with E-state index in [-0.39, 0.29) is 24.3 Å². The third-order valence-electron chi connectivity index (χ3n) is 5.50. The molecule has 2 amide bonds. The van der Waals surface area contributed by atoms with Gasteiger partial charge in [0.2, 0.25) is 5.91 Å². The van der Waals surface area contributed by atoms with Gasteiger partial charge in [-0.3, -0.25) is 9.59 Å². The highest BCUT2D eigenvalue weighted by molar-refractivity contribution is 8.14. The molecule has 1 fully saturated rings. The van der Waals surface area contributed by atoms with Crippen LogP contribution < -0.4 is 15.4 Å². The molecule has 3 aliphatic heterocycles. The Labute approximate surface area is 178 Å². The molecule has 4 aliphatic rings. The number of fused-ring (bicyclic) bond motifs is 2. The largest absolute Gasteiger partial charge is 0.482 e. The molecule has 0 spiro atoms. The molecule has 7 nitrogen and oxygen atoms in total. The van der Waals surface area contributed by atoms with Crippen molar-refractivity contribution in [3.05, 3.63) is 54.3 Å². The average molecular weight is 423 g/mol. The van der Waals surface area contributed by atoms with Crippen molar-refractivity contribution < 1.29 is 14.3 Å². The highest BCUT2D eigenvalue weighted by atomic mass is 32.2. The maximum atomic E-state index is 12.8. The third-order valence-corrected chi connectivity index (χ3v) is 6.62. The molecule has 1 aliphatic carbocycles. The van der Waals surface area contributed by atoms with Crippen LogP contribution in [0.2, 0.25) is 0 Å². The lowest BCUT2D eigenvalue weighted by atomic mass is 9.96. The number of allylic oxidation sites excluding steroid dienone is 3. The summed E-state index contributed by atoms with van der Waals surface area (Å²) in [6.45, 7) is 1.64. The lowest BCUT2D eigenvalue weighted by Gasteiger charge is -2.34. The van der Waals surface area contributed by atoms with E-state index in [4.69, 9.17) is 9.73 Å². The van der Waals surface area contributed by atoms with E-state index in [1.54, 1.807) is 30.0 Å². The zero-order chi connectivity index (χ0) is 20.5. The summed E-state index contributed by atoms with van der Waals surface area (Å²) in [4.78, 5) is 31.3. The quantitative estimate of drug-likeness (QED) is 0.765. The number of likely N-dealkylation sites (tertiary alicyclic amines) is 1. The van der Waals surface area contributed by atoms with Crippen molar-refractivity contribution in [3.63, 3.8) is 0 Å². The molecule has 2 bridgehead atoms. The van der Waals surface area contributed by atoms with E-state index in [9.17, 15) is 9.59 Å². The number of nitrogens with zero attached hydrogens (tertiary/aromatic N) is 2. The van der Waals surface area contributed by atoms with Gasteiger partial charge in [0, 0.05) is 24.7 Å². The molecule has 1 unspecified atom stereocenters. The number of amides is 2. The number of piperidine rings is 1. The molecule has 0 radical (unpaired) electrons. The number of carbonyl (C=O) groups is 2. The number of amidine groups is 1. The van der Waals surface area contributed by atoms with Gasteiger partial charge in [-0.25, -0.2) is 4.99 Å². The molecule has 154 valence electrons. The lowest BCUT2D eigenvalue weighted by molar-refractivity contribution is -0.121. The van der Waals surface area contributed by atoms with Crippen molar-refractivity contribution in [2.75, 3.05) is 30.3 Å². The Hall–Kier alpha value is -3.00. The molecule has 1 aromatic rings. The highest BCUT2D eigenvalue weighted by Gasteiger charge is 2.29. The Balaban J connectivity index is 1.19. The zero-order valence-electron chi connectivity index (χ0n) is 16.3. The summed E-state index contributed by atoms with van der Waals surface area (Å²) < 4.78 is 5.36. The van der Waals surface area contributed by atoms with Gasteiger partial charge in [-0.2, -0.15) is 0 Å². The van der Waals surface area contributed by atoms with Crippen molar-refractivity contribution in [2.45, 2.75) is 18.1 Å². The van der Waals surface area contributed by atoms with Crippen LogP contribution in [0, 0.1) is 5.92 Å².